The molecule has 0 atom stereocenters. The molecule has 3 heterocycles. The van der Waals surface area contributed by atoms with Crippen molar-refractivity contribution in [3.05, 3.63) is 34.5 Å². The number of thioether (sulfide) groups is 1. The summed E-state index contributed by atoms with van der Waals surface area (Å²) in [6, 6.07) is 3.99. The quantitative estimate of drug-likeness (QED) is 0.684. The molecule has 0 fully saturated rings. The van der Waals surface area contributed by atoms with Crippen LogP contribution in [0.5, 0.6) is 0 Å². The molecule has 0 saturated carbocycles. The fourth-order valence-corrected chi connectivity index (χ4v) is 3.71. The van der Waals surface area contributed by atoms with E-state index < -0.39 is 0 Å². The molecule has 0 saturated heterocycles. The molecular formula is C11H9N3OS3. The van der Waals surface area contributed by atoms with Crippen LogP contribution in [-0.4, -0.2) is 15.2 Å². The number of aromatic nitrogens is 3. The highest BCUT2D eigenvalue weighted by atomic mass is 32.2. The van der Waals surface area contributed by atoms with E-state index in [0.717, 1.165) is 25.7 Å². The largest absolute Gasteiger partial charge is 0.444 e. The Labute approximate surface area is 116 Å². The zero-order valence-electron chi connectivity index (χ0n) is 9.49. The summed E-state index contributed by atoms with van der Waals surface area (Å²) in [6.45, 7) is 1.95. The Kier molecular flexibility index (Phi) is 3.44. The third-order valence-electron chi connectivity index (χ3n) is 2.13. The average Bonchev–Trinajstić information content (AvgIpc) is 3.07. The Hall–Kier alpha value is -1.18. The molecule has 7 heteroatoms. The zero-order valence-corrected chi connectivity index (χ0v) is 11.9. The summed E-state index contributed by atoms with van der Waals surface area (Å²) in [5.74, 6) is 1.44. The van der Waals surface area contributed by atoms with Gasteiger partial charge in [0.2, 0.25) is 5.89 Å². The van der Waals surface area contributed by atoms with Crippen molar-refractivity contribution in [1.82, 2.24) is 15.2 Å². The molecule has 0 bridgehead atoms. The van der Waals surface area contributed by atoms with Crippen LogP contribution in [0.25, 0.3) is 10.8 Å². The highest BCUT2D eigenvalue weighted by Crippen LogP contribution is 2.28. The highest BCUT2D eigenvalue weighted by Gasteiger charge is 2.09. The average molecular weight is 295 g/mol. The van der Waals surface area contributed by atoms with E-state index in [1.165, 1.54) is 0 Å². The van der Waals surface area contributed by atoms with E-state index in [9.17, 15) is 0 Å². The number of hydrogen-bond acceptors (Lipinski definition) is 7. The molecule has 0 amide bonds. The summed E-state index contributed by atoms with van der Waals surface area (Å²) in [4.78, 5) is 5.51. The first-order chi connectivity index (χ1) is 8.81. The van der Waals surface area contributed by atoms with Gasteiger partial charge >= 0.3 is 0 Å². The van der Waals surface area contributed by atoms with Gasteiger partial charge < -0.3 is 4.42 Å². The van der Waals surface area contributed by atoms with Crippen LogP contribution in [0, 0.1) is 6.92 Å². The minimum atomic E-state index is 0.689. The maximum absolute atomic E-state index is 5.46. The molecule has 3 aromatic heterocycles. The molecule has 0 aromatic carbocycles. The minimum Gasteiger partial charge on any atom is -0.444 e. The summed E-state index contributed by atoms with van der Waals surface area (Å²) in [5, 5.41) is 11.0. The lowest BCUT2D eigenvalue weighted by Gasteiger charge is -1.90. The van der Waals surface area contributed by atoms with Gasteiger partial charge in [0.15, 0.2) is 4.34 Å². The van der Waals surface area contributed by atoms with E-state index in [-0.39, 0.29) is 0 Å². The van der Waals surface area contributed by atoms with Crippen LogP contribution in [0.1, 0.15) is 10.7 Å². The summed E-state index contributed by atoms with van der Waals surface area (Å²) in [6.07, 6.45) is 1.70. The second-order valence-corrected chi connectivity index (χ2v) is 6.85. The minimum absolute atomic E-state index is 0.689. The highest BCUT2D eigenvalue weighted by molar-refractivity contribution is 8.00. The van der Waals surface area contributed by atoms with E-state index in [2.05, 4.69) is 15.2 Å². The summed E-state index contributed by atoms with van der Waals surface area (Å²) in [7, 11) is 0. The standard InChI is InChI=1S/C11H9N3OS3/c1-7-13-14-11(18-7)17-6-8-5-15-10(12-8)9-3-2-4-16-9/h2-5H,6H2,1H3. The van der Waals surface area contributed by atoms with E-state index in [1.807, 2.05) is 24.4 Å². The van der Waals surface area contributed by atoms with Crippen molar-refractivity contribution in [3.63, 3.8) is 0 Å². The molecule has 0 unspecified atom stereocenters. The van der Waals surface area contributed by atoms with Crippen LogP contribution >= 0.6 is 34.4 Å². The normalized spacial score (nSPS) is 10.9. The number of rotatable bonds is 4. The lowest BCUT2D eigenvalue weighted by atomic mass is 10.5. The van der Waals surface area contributed by atoms with Crippen molar-refractivity contribution in [2.75, 3.05) is 0 Å². The Morgan fingerprint density at radius 2 is 2.33 bits per heavy atom. The number of hydrogen-bond donors (Lipinski definition) is 0. The molecule has 0 radical (unpaired) electrons. The maximum atomic E-state index is 5.46. The third kappa shape index (κ3) is 2.63. The lowest BCUT2D eigenvalue weighted by molar-refractivity contribution is 0.575. The first-order valence-electron chi connectivity index (χ1n) is 5.22. The molecule has 92 valence electrons. The van der Waals surface area contributed by atoms with Crippen molar-refractivity contribution >= 4 is 34.4 Å². The van der Waals surface area contributed by atoms with E-state index in [4.69, 9.17) is 4.42 Å². The van der Waals surface area contributed by atoms with Gasteiger partial charge in [-0.25, -0.2) is 4.98 Å². The lowest BCUT2D eigenvalue weighted by Crippen LogP contribution is -1.80. The number of thiophene rings is 1. The van der Waals surface area contributed by atoms with Gasteiger partial charge in [0.25, 0.3) is 0 Å². The van der Waals surface area contributed by atoms with Crippen LogP contribution < -0.4 is 0 Å². The van der Waals surface area contributed by atoms with E-state index in [0.29, 0.717) is 5.89 Å². The Balaban J connectivity index is 1.67. The molecule has 0 aliphatic carbocycles. The smallest absolute Gasteiger partial charge is 0.236 e. The van der Waals surface area contributed by atoms with Crippen molar-refractivity contribution < 1.29 is 4.42 Å². The van der Waals surface area contributed by atoms with Crippen molar-refractivity contribution in [2.45, 2.75) is 17.0 Å². The molecule has 0 N–H and O–H groups in total. The van der Waals surface area contributed by atoms with Crippen molar-refractivity contribution in [2.24, 2.45) is 0 Å². The van der Waals surface area contributed by atoms with Gasteiger partial charge in [-0.1, -0.05) is 29.2 Å². The molecule has 3 rings (SSSR count). The van der Waals surface area contributed by atoms with Crippen LogP contribution in [0.4, 0.5) is 0 Å². The first-order valence-corrected chi connectivity index (χ1v) is 7.90. The van der Waals surface area contributed by atoms with Crippen LogP contribution in [0.15, 0.2) is 32.5 Å². The van der Waals surface area contributed by atoms with E-state index in [1.54, 1.807) is 40.7 Å². The van der Waals surface area contributed by atoms with E-state index >= 15 is 0 Å². The number of aryl methyl sites for hydroxylation is 1. The Morgan fingerprint density at radius 1 is 1.39 bits per heavy atom. The second-order valence-electron chi connectivity index (χ2n) is 3.50. The molecule has 3 aromatic rings. The zero-order chi connectivity index (χ0) is 12.4. The summed E-state index contributed by atoms with van der Waals surface area (Å²) < 4.78 is 6.42. The fraction of sp³-hybridized carbons (Fsp3) is 0.182. The van der Waals surface area contributed by atoms with Gasteiger partial charge in [-0.2, -0.15) is 0 Å². The van der Waals surface area contributed by atoms with Crippen LogP contribution in [-0.2, 0) is 5.75 Å². The van der Waals surface area contributed by atoms with Crippen LogP contribution in [0.3, 0.4) is 0 Å². The predicted molar refractivity (Wildman–Crippen MR) is 74.0 cm³/mol. The third-order valence-corrected chi connectivity index (χ3v) is 5.00. The number of nitrogens with zero attached hydrogens (tertiary/aromatic N) is 3. The number of oxazole rings is 1. The van der Waals surface area contributed by atoms with Gasteiger partial charge in [-0.05, 0) is 18.4 Å². The van der Waals surface area contributed by atoms with Crippen molar-refractivity contribution in [1.29, 1.82) is 0 Å². The predicted octanol–water partition coefficient (Wildman–Crippen LogP) is 3.86. The van der Waals surface area contributed by atoms with Crippen LogP contribution in [0.2, 0.25) is 0 Å². The Morgan fingerprint density at radius 3 is 3.06 bits per heavy atom. The topological polar surface area (TPSA) is 51.8 Å². The molecular weight excluding hydrogens is 286 g/mol. The van der Waals surface area contributed by atoms with Crippen molar-refractivity contribution in [3.8, 4) is 10.8 Å². The molecule has 4 nitrogen and oxygen atoms in total. The molecule has 0 spiro atoms. The van der Waals surface area contributed by atoms with Gasteiger partial charge in [0, 0.05) is 5.75 Å². The summed E-state index contributed by atoms with van der Waals surface area (Å²) >= 11 is 4.85. The molecule has 18 heavy (non-hydrogen) atoms. The van der Waals surface area contributed by atoms with Gasteiger partial charge in [-0.3, -0.25) is 0 Å². The van der Waals surface area contributed by atoms with Gasteiger partial charge in [0.05, 0.1) is 10.6 Å². The molecule has 0 aliphatic heterocycles. The maximum Gasteiger partial charge on any atom is 0.236 e. The molecule has 0 aliphatic rings. The SMILES string of the molecule is Cc1nnc(SCc2coc(-c3cccs3)n2)s1. The fourth-order valence-electron chi connectivity index (χ4n) is 1.36. The van der Waals surface area contributed by atoms with Gasteiger partial charge in [0.1, 0.15) is 11.3 Å². The first kappa shape index (κ1) is 11.9. The summed E-state index contributed by atoms with van der Waals surface area (Å²) in [5.41, 5.74) is 0.927. The second kappa shape index (κ2) is 5.21. The Bertz CT molecular complexity index is 630. The van der Waals surface area contributed by atoms with Gasteiger partial charge in [-0.15, -0.1) is 21.5 Å². The monoisotopic (exact) mass is 295 g/mol.